The minimum atomic E-state index is -3.33. The highest BCUT2D eigenvalue weighted by molar-refractivity contribution is 9.10. The van der Waals surface area contributed by atoms with Crippen molar-refractivity contribution in [2.24, 2.45) is 0 Å². The van der Waals surface area contributed by atoms with Crippen molar-refractivity contribution in [3.8, 4) is 23.0 Å². The fraction of sp³-hybridized carbons (Fsp3) is 0.579. The summed E-state index contributed by atoms with van der Waals surface area (Å²) in [6.07, 6.45) is 0. The maximum Gasteiger partial charge on any atom is 0.495 e. The summed E-state index contributed by atoms with van der Waals surface area (Å²) in [5.74, 6) is 2.33. The van der Waals surface area contributed by atoms with Crippen molar-refractivity contribution >= 4 is 62.2 Å². The molecule has 0 saturated carbocycles. The van der Waals surface area contributed by atoms with Crippen LogP contribution in [0.25, 0.3) is 0 Å². The van der Waals surface area contributed by atoms with Crippen LogP contribution >= 0.6 is 15.9 Å². The molecular weight excluding hydrogens is 1120 g/mol. The van der Waals surface area contributed by atoms with Gasteiger partial charge in [-0.1, -0.05) is 29.4 Å². The van der Waals surface area contributed by atoms with Gasteiger partial charge in [-0.3, -0.25) is 0 Å². The Morgan fingerprint density at radius 3 is 1.14 bits per heavy atom. The second kappa shape index (κ2) is 27.4. The average Bonchev–Trinajstić information content (AvgIpc) is 3.82. The molecule has 3 saturated heterocycles. The first-order valence-electron chi connectivity index (χ1n) is 26.4. The normalized spacial score (nSPS) is 18.6. The van der Waals surface area contributed by atoms with E-state index >= 15 is 0 Å². The van der Waals surface area contributed by atoms with Gasteiger partial charge in [0.2, 0.25) is 0 Å². The monoisotopic (exact) mass is 1210 g/mol. The first kappa shape index (κ1) is 68.2. The molecule has 440 valence electrons. The van der Waals surface area contributed by atoms with Gasteiger partial charge in [-0.2, -0.15) is 0 Å². The Kier molecular flexibility index (Phi) is 23.6. The van der Waals surface area contributed by atoms with Crippen LogP contribution < -0.4 is 14.9 Å². The quantitative estimate of drug-likeness (QED) is 0.0463. The first-order valence-corrected chi connectivity index (χ1v) is 30.3. The second-order valence-electron chi connectivity index (χ2n) is 22.7. The van der Waals surface area contributed by atoms with Crippen LogP contribution in [0.15, 0.2) is 99.2 Å². The molecule has 3 heterocycles. The maximum absolute atomic E-state index is 12.4. The molecule has 3 aliphatic heterocycles. The molecule has 0 atom stereocenters. The summed E-state index contributed by atoms with van der Waals surface area (Å²) in [7, 11) is -8.11. The molecule has 22 heteroatoms. The van der Waals surface area contributed by atoms with E-state index in [4.69, 9.17) is 56.3 Å². The highest BCUT2D eigenvalue weighted by Crippen LogP contribution is 2.43. The number of benzene rings is 4. The Hall–Kier alpha value is -3.35. The Balaban J connectivity index is 0.000000326. The molecule has 79 heavy (non-hydrogen) atoms. The third-order valence-corrected chi connectivity index (χ3v) is 19.8. The molecule has 0 aliphatic carbocycles. The summed E-state index contributed by atoms with van der Waals surface area (Å²) in [5.41, 5.74) is 0.283. The Labute approximate surface area is 483 Å². The van der Waals surface area contributed by atoms with Crippen molar-refractivity contribution in [3.05, 3.63) is 101 Å². The molecule has 0 bridgehead atoms. The van der Waals surface area contributed by atoms with Gasteiger partial charge in [-0.15, -0.1) is 0 Å². The number of sulfone groups is 2. The van der Waals surface area contributed by atoms with E-state index in [1.165, 1.54) is 0 Å². The van der Waals surface area contributed by atoms with E-state index in [1.807, 2.05) is 133 Å². The lowest BCUT2D eigenvalue weighted by molar-refractivity contribution is -0.0573. The zero-order chi connectivity index (χ0) is 58.3. The van der Waals surface area contributed by atoms with Crippen molar-refractivity contribution < 1.29 is 74.6 Å². The molecule has 4 aromatic rings. The molecule has 4 aromatic carbocycles. The molecule has 0 unspecified atom stereocenters. The Bertz CT molecular complexity index is 2750. The van der Waals surface area contributed by atoms with E-state index in [2.05, 4.69) is 15.9 Å². The van der Waals surface area contributed by atoms with Crippen LogP contribution in [0.3, 0.4) is 0 Å². The summed E-state index contributed by atoms with van der Waals surface area (Å²) in [5, 5.41) is -0.943. The zero-order valence-electron chi connectivity index (χ0n) is 48.9. The lowest BCUT2D eigenvalue weighted by Crippen LogP contribution is -2.41. The van der Waals surface area contributed by atoms with E-state index < -0.39 is 62.5 Å². The first-order chi connectivity index (χ1) is 36.1. The molecule has 0 aromatic heterocycles. The van der Waals surface area contributed by atoms with E-state index in [1.54, 1.807) is 76.2 Å². The van der Waals surface area contributed by atoms with Crippen LogP contribution in [0.4, 0.5) is 0 Å². The number of hydrogen-bond donors (Lipinski definition) is 0. The van der Waals surface area contributed by atoms with Crippen LogP contribution in [0.2, 0.25) is 0 Å². The number of rotatable bonds is 20. The lowest BCUT2D eigenvalue weighted by Gasteiger charge is -2.32. The van der Waals surface area contributed by atoms with Crippen LogP contribution in [0.5, 0.6) is 23.0 Å². The van der Waals surface area contributed by atoms with Gasteiger partial charge in [0.1, 0.15) is 36.6 Å². The van der Waals surface area contributed by atoms with Gasteiger partial charge in [0, 0.05) is 19.1 Å². The third kappa shape index (κ3) is 17.1. The molecule has 16 nitrogen and oxygen atoms in total. The van der Waals surface area contributed by atoms with Gasteiger partial charge >= 0.3 is 21.1 Å². The van der Waals surface area contributed by atoms with Gasteiger partial charge in [-0.25, -0.2) is 16.8 Å². The van der Waals surface area contributed by atoms with Gasteiger partial charge in [-0.05, 0) is 220 Å². The molecule has 3 fully saturated rings. The maximum atomic E-state index is 12.4. The predicted octanol–water partition coefficient (Wildman–Crippen LogP) is 12.5. The van der Waals surface area contributed by atoms with E-state index in [-0.39, 0.29) is 49.7 Å². The van der Waals surface area contributed by atoms with Gasteiger partial charge in [0.05, 0.1) is 67.1 Å². The Morgan fingerprint density at radius 2 is 0.785 bits per heavy atom. The molecule has 0 spiro atoms. The summed E-state index contributed by atoms with van der Waals surface area (Å²) < 4.78 is 120. The highest BCUT2D eigenvalue weighted by Gasteiger charge is 2.64. The van der Waals surface area contributed by atoms with Crippen molar-refractivity contribution in [1.82, 2.24) is 0 Å². The molecule has 7 rings (SSSR count). The molecule has 3 aliphatic rings. The highest BCUT2D eigenvalue weighted by atomic mass is 79.9. The van der Waals surface area contributed by atoms with Crippen LogP contribution in [0, 0.1) is 0 Å². The van der Waals surface area contributed by atoms with Gasteiger partial charge in [0.25, 0.3) is 0 Å². The SMILES string of the molecule is C.CC1(C)OB(B2OC(C)(C)C(C)(C)O2)OC1(C)C.CCOCOCc1cc(Oc2ccc(S(=O)(=O)C(C)C)cc2)ccc1B1OC(C)(C)C(C)(C)O1.CCOCOCc1cc(Oc2ccc(S(=O)(=O)C(C)C)cc2)ccc1Br.[2HH]. The molecule has 0 radical (unpaired) electrons. The van der Waals surface area contributed by atoms with Crippen molar-refractivity contribution in [1.29, 1.82) is 0 Å². The fourth-order valence-electron chi connectivity index (χ4n) is 7.49. The average molecular weight is 1210 g/mol. The molecular formula is C57H88B3BrO16S2. The summed E-state index contributed by atoms with van der Waals surface area (Å²) in [6.45, 7) is 37.0. The Morgan fingerprint density at radius 1 is 0.468 bits per heavy atom. The van der Waals surface area contributed by atoms with Crippen LogP contribution in [-0.4, -0.2) is 109 Å². The van der Waals surface area contributed by atoms with Crippen LogP contribution in [0.1, 0.15) is 145 Å². The smallest absolute Gasteiger partial charge is 0.457 e. The minimum absolute atomic E-state index is 0. The van der Waals surface area contributed by atoms with Crippen molar-refractivity contribution in [2.75, 3.05) is 26.8 Å². The van der Waals surface area contributed by atoms with Crippen molar-refractivity contribution in [2.45, 2.75) is 199 Å². The molecule has 0 amide bonds. The van der Waals surface area contributed by atoms with Gasteiger partial charge in [0.15, 0.2) is 19.7 Å². The van der Waals surface area contributed by atoms with E-state index in [9.17, 15) is 16.8 Å². The summed E-state index contributed by atoms with van der Waals surface area (Å²) in [6, 6.07) is 24.1. The standard InChI is InChI=1S/C25H35BO7S.C19H23BrO5S.C12H24B2O4.CH4.H2/c1-8-29-17-30-16-19-15-21(11-14-23(19)26-32-24(4,5)25(6,7)33-26)31-20-9-12-22(13-10-20)34(27,28)18(2)3;1-4-23-13-24-12-15-11-17(7-10-19(15)20)25-16-5-8-18(9-6-16)26(21,22)14(2)3;1-9(2)10(3,4)16-13(15-9)14-17-11(5,6)12(7,8)18-14;;/h9-15,18H,8,16-17H2,1-7H3;5-11,14H,4,12-13H2,1-3H3;1-8H3;1H4;1H/i;;;;1+1. The van der Waals surface area contributed by atoms with Gasteiger partial charge < -0.3 is 56.3 Å². The van der Waals surface area contributed by atoms with E-state index in [0.717, 1.165) is 21.1 Å². The van der Waals surface area contributed by atoms with Crippen molar-refractivity contribution in [3.63, 3.8) is 0 Å². The summed E-state index contributed by atoms with van der Waals surface area (Å²) >= 11 is 3.49. The minimum Gasteiger partial charge on any atom is -0.457 e. The van der Waals surface area contributed by atoms with Crippen LogP contribution in [-0.2, 0) is 79.8 Å². The number of ether oxygens (including phenoxy) is 6. The number of halogens is 1. The topological polar surface area (TPSA) is 179 Å². The summed E-state index contributed by atoms with van der Waals surface area (Å²) in [4.78, 5) is 0.566. The van der Waals surface area contributed by atoms with E-state index in [0.29, 0.717) is 54.3 Å². The number of hydrogen-bond acceptors (Lipinski definition) is 16. The fourth-order valence-corrected chi connectivity index (χ4v) is 9.97. The zero-order valence-corrected chi connectivity index (χ0v) is 52.2. The second-order valence-corrected chi connectivity index (χ2v) is 28.6. The molecule has 0 N–H and O–H groups in total. The largest absolute Gasteiger partial charge is 0.495 e. The predicted molar refractivity (Wildman–Crippen MR) is 318 cm³/mol. The lowest BCUT2D eigenvalue weighted by atomic mass is 9.49. The third-order valence-electron chi connectivity index (χ3n) is 14.7.